The normalized spacial score (nSPS) is 14.7. The van der Waals surface area contributed by atoms with Gasteiger partial charge in [0.2, 0.25) is 0 Å². The van der Waals surface area contributed by atoms with Crippen LogP contribution in [0.25, 0.3) is 11.4 Å². The highest BCUT2D eigenvalue weighted by atomic mass is 16.5. The number of ether oxygens (including phenoxy) is 1. The van der Waals surface area contributed by atoms with E-state index in [-0.39, 0.29) is 6.10 Å². The minimum Gasteiger partial charge on any atom is -0.380 e. The van der Waals surface area contributed by atoms with Gasteiger partial charge in [-0.15, -0.1) is 0 Å². The molecule has 1 aliphatic carbocycles. The third-order valence-electron chi connectivity index (χ3n) is 4.13. The van der Waals surface area contributed by atoms with E-state index < -0.39 is 0 Å². The lowest BCUT2D eigenvalue weighted by atomic mass is 10.2. The number of nitrogens with zero attached hydrogens (tertiary/aromatic N) is 4. The zero-order valence-electron chi connectivity index (χ0n) is 13.4. The van der Waals surface area contributed by atoms with Gasteiger partial charge in [-0.25, -0.2) is 9.97 Å². The van der Waals surface area contributed by atoms with Crippen LogP contribution in [0.3, 0.4) is 0 Å². The Bertz CT molecular complexity index is 645. The van der Waals surface area contributed by atoms with Crippen LogP contribution in [0.4, 0.5) is 5.82 Å². The Morgan fingerprint density at radius 1 is 1.32 bits per heavy atom. The monoisotopic (exact) mass is 298 g/mol. The average Bonchev–Trinajstić information content (AvgIpc) is 3.03. The Balaban J connectivity index is 2.00. The number of anilines is 1. The van der Waals surface area contributed by atoms with Gasteiger partial charge in [0.15, 0.2) is 5.82 Å². The van der Waals surface area contributed by atoms with Gasteiger partial charge < -0.3 is 9.64 Å². The molecule has 0 amide bonds. The van der Waals surface area contributed by atoms with Crippen molar-refractivity contribution in [2.24, 2.45) is 0 Å². The molecule has 0 saturated carbocycles. The van der Waals surface area contributed by atoms with E-state index in [9.17, 15) is 0 Å². The highest BCUT2D eigenvalue weighted by Gasteiger charge is 2.22. The number of hydrogen-bond donors (Lipinski definition) is 0. The molecule has 1 atom stereocenters. The summed E-state index contributed by atoms with van der Waals surface area (Å²) in [4.78, 5) is 15.9. The second-order valence-electron chi connectivity index (χ2n) is 5.82. The molecule has 5 nitrogen and oxygen atoms in total. The van der Waals surface area contributed by atoms with Crippen molar-refractivity contribution >= 4 is 5.82 Å². The zero-order chi connectivity index (χ0) is 15.5. The van der Waals surface area contributed by atoms with Gasteiger partial charge in [0.05, 0.1) is 6.10 Å². The maximum atomic E-state index is 5.38. The zero-order valence-corrected chi connectivity index (χ0v) is 13.4. The molecule has 0 aromatic carbocycles. The lowest BCUT2D eigenvalue weighted by molar-refractivity contribution is 0.124. The number of rotatable bonds is 5. The second-order valence-corrected chi connectivity index (χ2v) is 5.82. The van der Waals surface area contributed by atoms with Crippen molar-refractivity contribution in [1.29, 1.82) is 0 Å². The molecule has 2 aromatic rings. The fraction of sp³-hybridized carbons (Fsp3) is 0.471. The Labute approximate surface area is 131 Å². The summed E-state index contributed by atoms with van der Waals surface area (Å²) in [6, 6.07) is 3.92. The van der Waals surface area contributed by atoms with Gasteiger partial charge in [0.25, 0.3) is 0 Å². The van der Waals surface area contributed by atoms with Crippen molar-refractivity contribution in [2.75, 3.05) is 25.6 Å². The summed E-state index contributed by atoms with van der Waals surface area (Å²) in [6.07, 6.45) is 7.00. The molecule has 0 spiro atoms. The first-order valence-corrected chi connectivity index (χ1v) is 7.73. The second kappa shape index (κ2) is 6.40. The van der Waals surface area contributed by atoms with E-state index in [2.05, 4.69) is 23.9 Å². The molecular formula is C17H22N4O. The molecule has 2 aromatic heterocycles. The summed E-state index contributed by atoms with van der Waals surface area (Å²) < 4.78 is 5.38. The van der Waals surface area contributed by atoms with Crippen LogP contribution in [0.15, 0.2) is 24.5 Å². The van der Waals surface area contributed by atoms with E-state index in [0.717, 1.165) is 43.0 Å². The lowest BCUT2D eigenvalue weighted by Gasteiger charge is -2.24. The standard InChI is InChI=1S/C17H22N4O/c1-12(22-3)11-21(2)17-14-7-4-8-15(14)19-16(20-17)13-6-5-9-18-10-13/h5-6,9-10,12H,4,7-8,11H2,1-3H3. The molecule has 0 bridgehead atoms. The van der Waals surface area contributed by atoms with E-state index in [1.807, 2.05) is 18.3 Å². The fourth-order valence-electron chi connectivity index (χ4n) is 2.90. The van der Waals surface area contributed by atoms with Crippen LogP contribution in [0.5, 0.6) is 0 Å². The SMILES string of the molecule is COC(C)CN(C)c1nc(-c2cccnc2)nc2c1CCC2. The highest BCUT2D eigenvalue weighted by Crippen LogP contribution is 2.30. The number of aryl methyl sites for hydroxylation is 1. The first-order chi connectivity index (χ1) is 10.7. The number of likely N-dealkylation sites (N-methyl/N-ethyl adjacent to an activating group) is 1. The van der Waals surface area contributed by atoms with Crippen LogP contribution in [0.1, 0.15) is 24.6 Å². The number of aromatic nitrogens is 3. The van der Waals surface area contributed by atoms with Crippen molar-refractivity contribution < 1.29 is 4.74 Å². The summed E-state index contributed by atoms with van der Waals surface area (Å²) in [5.74, 6) is 1.80. The number of hydrogen-bond acceptors (Lipinski definition) is 5. The molecular weight excluding hydrogens is 276 g/mol. The summed E-state index contributed by atoms with van der Waals surface area (Å²) >= 11 is 0. The van der Waals surface area contributed by atoms with Gasteiger partial charge in [0.1, 0.15) is 5.82 Å². The first-order valence-electron chi connectivity index (χ1n) is 7.73. The van der Waals surface area contributed by atoms with Crippen molar-refractivity contribution in [3.63, 3.8) is 0 Å². The maximum Gasteiger partial charge on any atom is 0.163 e. The molecule has 5 heteroatoms. The summed E-state index contributed by atoms with van der Waals surface area (Å²) in [5.41, 5.74) is 3.44. The summed E-state index contributed by atoms with van der Waals surface area (Å²) in [7, 11) is 3.81. The van der Waals surface area contributed by atoms with Crippen LogP contribution in [-0.4, -0.2) is 41.8 Å². The van der Waals surface area contributed by atoms with Crippen LogP contribution >= 0.6 is 0 Å². The first kappa shape index (κ1) is 14.9. The van der Waals surface area contributed by atoms with Crippen LogP contribution in [-0.2, 0) is 17.6 Å². The highest BCUT2D eigenvalue weighted by molar-refractivity contribution is 5.60. The molecule has 0 fully saturated rings. The van der Waals surface area contributed by atoms with Gasteiger partial charge in [-0.2, -0.15) is 0 Å². The third kappa shape index (κ3) is 2.95. The van der Waals surface area contributed by atoms with Crippen molar-refractivity contribution in [1.82, 2.24) is 15.0 Å². The maximum absolute atomic E-state index is 5.38. The smallest absolute Gasteiger partial charge is 0.163 e. The molecule has 2 heterocycles. The Morgan fingerprint density at radius 3 is 2.91 bits per heavy atom. The van der Waals surface area contributed by atoms with Gasteiger partial charge in [0, 0.05) is 49.9 Å². The van der Waals surface area contributed by atoms with Gasteiger partial charge in [-0.3, -0.25) is 4.98 Å². The number of methoxy groups -OCH3 is 1. The van der Waals surface area contributed by atoms with Crippen molar-refractivity contribution in [2.45, 2.75) is 32.3 Å². The largest absolute Gasteiger partial charge is 0.380 e. The molecule has 22 heavy (non-hydrogen) atoms. The Morgan fingerprint density at radius 2 is 2.18 bits per heavy atom. The predicted molar refractivity (Wildman–Crippen MR) is 87.0 cm³/mol. The number of pyridine rings is 1. The van der Waals surface area contributed by atoms with E-state index >= 15 is 0 Å². The molecule has 0 N–H and O–H groups in total. The van der Waals surface area contributed by atoms with Crippen molar-refractivity contribution in [3.05, 3.63) is 35.8 Å². The molecule has 3 rings (SSSR count). The minimum absolute atomic E-state index is 0.166. The number of fused-ring (bicyclic) bond motifs is 1. The average molecular weight is 298 g/mol. The Hall–Kier alpha value is -2.01. The van der Waals surface area contributed by atoms with Crippen LogP contribution < -0.4 is 4.90 Å². The quantitative estimate of drug-likeness (QED) is 0.849. The molecule has 1 unspecified atom stereocenters. The minimum atomic E-state index is 0.166. The molecule has 0 aliphatic heterocycles. The molecule has 0 radical (unpaired) electrons. The van der Waals surface area contributed by atoms with E-state index in [0.29, 0.717) is 0 Å². The molecule has 0 saturated heterocycles. The van der Waals surface area contributed by atoms with Gasteiger partial charge in [-0.05, 0) is 38.3 Å². The topological polar surface area (TPSA) is 51.1 Å². The van der Waals surface area contributed by atoms with Crippen LogP contribution in [0, 0.1) is 0 Å². The molecule has 1 aliphatic rings. The van der Waals surface area contributed by atoms with E-state index in [1.165, 1.54) is 11.3 Å². The fourth-order valence-corrected chi connectivity index (χ4v) is 2.90. The Kier molecular flexibility index (Phi) is 4.34. The summed E-state index contributed by atoms with van der Waals surface area (Å²) in [5, 5.41) is 0. The third-order valence-corrected chi connectivity index (χ3v) is 4.13. The lowest BCUT2D eigenvalue weighted by Crippen LogP contribution is -2.30. The van der Waals surface area contributed by atoms with Gasteiger partial charge in [-0.1, -0.05) is 0 Å². The molecule has 116 valence electrons. The van der Waals surface area contributed by atoms with Crippen molar-refractivity contribution in [3.8, 4) is 11.4 Å². The van der Waals surface area contributed by atoms with Crippen LogP contribution in [0.2, 0.25) is 0 Å². The summed E-state index contributed by atoms with van der Waals surface area (Å²) in [6.45, 7) is 2.88. The predicted octanol–water partition coefficient (Wildman–Crippen LogP) is 2.50. The van der Waals surface area contributed by atoms with E-state index in [4.69, 9.17) is 14.7 Å². The van der Waals surface area contributed by atoms with Gasteiger partial charge >= 0.3 is 0 Å². The van der Waals surface area contributed by atoms with E-state index in [1.54, 1.807) is 13.3 Å².